The third-order valence-corrected chi connectivity index (χ3v) is 9.84. The highest BCUT2D eigenvalue weighted by Crippen LogP contribution is 2.36. The zero-order valence-corrected chi connectivity index (χ0v) is 28.2. The Bertz CT molecular complexity index is 2240. The van der Waals surface area contributed by atoms with Crippen molar-refractivity contribution in [2.45, 2.75) is 19.0 Å². The zero-order valence-electron chi connectivity index (χ0n) is 28.2. The molecule has 3 aromatic heterocycles. The molecule has 0 unspecified atom stereocenters. The SMILES string of the molecule is Cn1cc(N(C(=O)c2cc(-c3cc(F)ccc3C(=O)N3Cc4ccccc4C[C@H]3CN3CCOCC3)n3ccccc23)c2ccc(O)cc2)cn1. The number of phenols is 1. The number of aryl methyl sites for hydroxylation is 1. The molecule has 11 heteroatoms. The summed E-state index contributed by atoms with van der Waals surface area (Å²) in [6, 6.07) is 26.0. The van der Waals surface area contributed by atoms with Crippen LogP contribution in [0.2, 0.25) is 0 Å². The molecule has 8 rings (SSSR count). The minimum Gasteiger partial charge on any atom is -0.508 e. The van der Waals surface area contributed by atoms with Crippen molar-refractivity contribution in [3.8, 4) is 17.0 Å². The lowest BCUT2D eigenvalue weighted by Crippen LogP contribution is -2.52. The van der Waals surface area contributed by atoms with Crippen LogP contribution in [-0.4, -0.2) is 79.8 Å². The summed E-state index contributed by atoms with van der Waals surface area (Å²) in [5, 5.41) is 14.3. The van der Waals surface area contributed by atoms with E-state index in [-0.39, 0.29) is 23.6 Å². The van der Waals surface area contributed by atoms with E-state index in [1.165, 1.54) is 34.7 Å². The van der Waals surface area contributed by atoms with Crippen molar-refractivity contribution in [3.05, 3.63) is 138 Å². The monoisotopic (exact) mass is 684 g/mol. The van der Waals surface area contributed by atoms with Gasteiger partial charge in [0.1, 0.15) is 11.6 Å². The fourth-order valence-corrected chi connectivity index (χ4v) is 7.30. The van der Waals surface area contributed by atoms with Gasteiger partial charge < -0.3 is 19.1 Å². The fourth-order valence-electron chi connectivity index (χ4n) is 7.30. The number of carbonyl (C=O) groups is 2. The Labute approximate surface area is 294 Å². The van der Waals surface area contributed by atoms with E-state index in [0.717, 1.165) is 18.7 Å². The lowest BCUT2D eigenvalue weighted by atomic mass is 9.92. The number of halogens is 1. The second-order valence-corrected chi connectivity index (χ2v) is 13.1. The number of nitrogens with zero attached hydrogens (tertiary/aromatic N) is 6. The number of phenolic OH excluding ortho intramolecular Hbond substituents is 1. The molecule has 1 saturated heterocycles. The highest BCUT2D eigenvalue weighted by Gasteiger charge is 2.34. The average Bonchev–Trinajstić information content (AvgIpc) is 3.76. The number of morpholine rings is 1. The molecule has 1 N–H and O–H groups in total. The van der Waals surface area contributed by atoms with E-state index in [2.05, 4.69) is 22.1 Å². The predicted molar refractivity (Wildman–Crippen MR) is 192 cm³/mol. The van der Waals surface area contributed by atoms with Gasteiger partial charge in [-0.1, -0.05) is 30.3 Å². The van der Waals surface area contributed by atoms with Crippen LogP contribution < -0.4 is 4.90 Å². The number of hydrogen-bond donors (Lipinski definition) is 1. The van der Waals surface area contributed by atoms with E-state index >= 15 is 4.39 Å². The van der Waals surface area contributed by atoms with Crippen LogP contribution in [0.25, 0.3) is 16.8 Å². The van der Waals surface area contributed by atoms with Crippen molar-refractivity contribution >= 4 is 28.7 Å². The van der Waals surface area contributed by atoms with Crippen LogP contribution >= 0.6 is 0 Å². The second kappa shape index (κ2) is 13.5. The fraction of sp³-hybridized carbons (Fsp3) is 0.225. The number of aromatic nitrogens is 3. The number of pyridine rings is 1. The summed E-state index contributed by atoms with van der Waals surface area (Å²) in [7, 11) is 1.77. The summed E-state index contributed by atoms with van der Waals surface area (Å²) in [6.07, 6.45) is 5.85. The summed E-state index contributed by atoms with van der Waals surface area (Å²) < 4.78 is 24.3. The van der Waals surface area contributed by atoms with E-state index in [0.29, 0.717) is 72.0 Å². The van der Waals surface area contributed by atoms with E-state index < -0.39 is 5.82 Å². The van der Waals surface area contributed by atoms with Gasteiger partial charge in [0.25, 0.3) is 11.8 Å². The number of rotatable bonds is 7. The minimum atomic E-state index is -0.491. The number of ether oxygens (including phenoxy) is 1. The second-order valence-electron chi connectivity index (χ2n) is 13.1. The number of fused-ring (bicyclic) bond motifs is 2. The van der Waals surface area contributed by atoms with Gasteiger partial charge in [-0.05, 0) is 78.2 Å². The number of anilines is 2. The number of benzene rings is 3. The molecule has 0 spiro atoms. The number of amides is 2. The molecule has 1 atom stereocenters. The van der Waals surface area contributed by atoms with Crippen molar-refractivity contribution in [3.63, 3.8) is 0 Å². The van der Waals surface area contributed by atoms with Gasteiger partial charge in [-0.15, -0.1) is 0 Å². The van der Waals surface area contributed by atoms with Crippen LogP contribution in [0.3, 0.4) is 0 Å². The molecule has 5 heterocycles. The lowest BCUT2D eigenvalue weighted by molar-refractivity contribution is 0.0193. The van der Waals surface area contributed by atoms with Gasteiger partial charge in [0, 0.05) is 68.5 Å². The minimum absolute atomic E-state index is 0.0709. The molecule has 0 saturated carbocycles. The third-order valence-electron chi connectivity index (χ3n) is 9.84. The van der Waals surface area contributed by atoms with Gasteiger partial charge in [-0.25, -0.2) is 4.39 Å². The molecular weight excluding hydrogens is 647 g/mol. The summed E-state index contributed by atoms with van der Waals surface area (Å²) in [4.78, 5) is 35.2. The molecule has 0 radical (unpaired) electrons. The largest absolute Gasteiger partial charge is 0.508 e. The van der Waals surface area contributed by atoms with E-state index in [1.807, 2.05) is 45.8 Å². The Morgan fingerprint density at radius 2 is 1.69 bits per heavy atom. The molecule has 2 aliphatic rings. The third kappa shape index (κ3) is 6.26. The number of aromatic hydroxyl groups is 1. The topological polar surface area (TPSA) is 95.6 Å². The summed E-state index contributed by atoms with van der Waals surface area (Å²) >= 11 is 0. The predicted octanol–water partition coefficient (Wildman–Crippen LogP) is 6.06. The van der Waals surface area contributed by atoms with Crippen molar-refractivity contribution in [2.75, 3.05) is 37.7 Å². The Balaban J connectivity index is 1.22. The molecular formula is C40H37FN6O4. The molecule has 2 amide bonds. The van der Waals surface area contributed by atoms with Gasteiger partial charge in [0.2, 0.25) is 0 Å². The summed E-state index contributed by atoms with van der Waals surface area (Å²) in [6.45, 7) is 4.06. The van der Waals surface area contributed by atoms with Crippen molar-refractivity contribution in [1.29, 1.82) is 0 Å². The van der Waals surface area contributed by atoms with E-state index in [9.17, 15) is 14.7 Å². The normalized spacial score (nSPS) is 16.3. The average molecular weight is 685 g/mol. The number of carbonyl (C=O) groups excluding carboxylic acids is 2. The van der Waals surface area contributed by atoms with Crippen LogP contribution in [0.4, 0.5) is 15.8 Å². The Morgan fingerprint density at radius 1 is 0.922 bits per heavy atom. The maximum atomic E-state index is 15.2. The summed E-state index contributed by atoms with van der Waals surface area (Å²) in [5.74, 6) is -0.972. The van der Waals surface area contributed by atoms with Crippen molar-refractivity contribution < 1.29 is 23.8 Å². The van der Waals surface area contributed by atoms with Crippen molar-refractivity contribution in [1.82, 2.24) is 24.0 Å². The van der Waals surface area contributed by atoms with Crippen LogP contribution in [0.5, 0.6) is 5.75 Å². The Kier molecular flexibility index (Phi) is 8.58. The molecule has 258 valence electrons. The van der Waals surface area contributed by atoms with Crippen LogP contribution in [0.1, 0.15) is 31.8 Å². The Hall–Kier alpha value is -5.78. The van der Waals surface area contributed by atoms with Crippen molar-refractivity contribution in [2.24, 2.45) is 7.05 Å². The first-order valence-corrected chi connectivity index (χ1v) is 17.0. The molecule has 10 nitrogen and oxygen atoms in total. The van der Waals surface area contributed by atoms with Crippen LogP contribution in [0.15, 0.2) is 110 Å². The van der Waals surface area contributed by atoms with E-state index in [4.69, 9.17) is 4.74 Å². The lowest BCUT2D eigenvalue weighted by Gasteiger charge is -2.40. The first-order valence-electron chi connectivity index (χ1n) is 17.0. The molecule has 0 bridgehead atoms. The maximum Gasteiger partial charge on any atom is 0.265 e. The van der Waals surface area contributed by atoms with Gasteiger partial charge in [-0.2, -0.15) is 5.10 Å². The Morgan fingerprint density at radius 3 is 2.45 bits per heavy atom. The first-order chi connectivity index (χ1) is 24.8. The standard InChI is InChI=1S/C40H37FN6O4/c1-43-25-32(23-42-43)47(30-10-12-33(48)13-11-30)40(50)36-22-38(45-15-5-4-8-37(36)45)35-21-29(41)9-14-34(35)39(49)46-24-28-7-3-2-6-27(28)20-31(46)26-44-16-18-51-19-17-44/h2-15,21-23,25,31,48H,16-20,24,26H2,1H3/t31-/m0/s1. The highest BCUT2D eigenvalue weighted by atomic mass is 19.1. The number of hydrogen-bond acceptors (Lipinski definition) is 6. The molecule has 3 aromatic carbocycles. The summed E-state index contributed by atoms with van der Waals surface area (Å²) in [5.41, 5.74) is 5.58. The quantitative estimate of drug-likeness (QED) is 0.220. The molecule has 0 aliphatic carbocycles. The van der Waals surface area contributed by atoms with Gasteiger partial charge >= 0.3 is 0 Å². The molecule has 2 aliphatic heterocycles. The van der Waals surface area contributed by atoms with Crippen LogP contribution in [0, 0.1) is 5.82 Å². The maximum absolute atomic E-state index is 15.2. The van der Waals surface area contributed by atoms with Gasteiger partial charge in [-0.3, -0.25) is 24.1 Å². The van der Waals surface area contributed by atoms with E-state index in [1.54, 1.807) is 48.4 Å². The zero-order chi connectivity index (χ0) is 35.1. The molecule has 6 aromatic rings. The van der Waals surface area contributed by atoms with Gasteiger partial charge in [0.15, 0.2) is 0 Å². The molecule has 1 fully saturated rings. The molecule has 51 heavy (non-hydrogen) atoms. The van der Waals surface area contributed by atoms with Crippen LogP contribution in [-0.2, 0) is 24.8 Å². The first kappa shape index (κ1) is 32.4. The highest BCUT2D eigenvalue weighted by molar-refractivity contribution is 6.15. The smallest absolute Gasteiger partial charge is 0.265 e. The van der Waals surface area contributed by atoms with Gasteiger partial charge in [0.05, 0.1) is 41.9 Å².